The van der Waals surface area contributed by atoms with Gasteiger partial charge in [-0.3, -0.25) is 9.78 Å². The zero-order valence-electron chi connectivity index (χ0n) is 15.8. The van der Waals surface area contributed by atoms with Gasteiger partial charge in [-0.25, -0.2) is 13.8 Å². The first-order valence-corrected chi connectivity index (χ1v) is 8.77. The summed E-state index contributed by atoms with van der Waals surface area (Å²) in [6, 6.07) is 1.30. The Morgan fingerprint density at radius 3 is 2.42 bits per heavy atom. The minimum Gasteiger partial charge on any atom is -0.488 e. The molecule has 0 spiro atoms. The van der Waals surface area contributed by atoms with Crippen LogP contribution in [0.1, 0.15) is 34.6 Å². The molecular weight excluding hydrogens is 427 g/mol. The minimum atomic E-state index is -4.81. The van der Waals surface area contributed by atoms with Gasteiger partial charge in [-0.1, -0.05) is 0 Å². The second-order valence-corrected chi connectivity index (χ2v) is 6.22. The zero-order valence-corrected chi connectivity index (χ0v) is 15.8. The number of hydrogen-bond acceptors (Lipinski definition) is 6. The molecule has 3 aromatic rings. The van der Waals surface area contributed by atoms with Gasteiger partial charge in [0.05, 0.1) is 24.0 Å². The third-order valence-electron chi connectivity index (χ3n) is 3.94. The number of halogens is 5. The Bertz CT molecular complexity index is 1040. The standard InChI is InChI=1S/C18H15F5N6O2/c1-10(15-16(25-3-2-24-15)29-26-4-5-27-29)28-17(30)11-6-12(18(21,22)23)8-13(7-11)31-9-14(19)20/h2-8,10,14H,9H2,1H3,(H,28,30). The number of ether oxygens (including phenoxy) is 1. The van der Waals surface area contributed by atoms with Crippen molar-refractivity contribution in [3.63, 3.8) is 0 Å². The molecule has 2 heterocycles. The lowest BCUT2D eigenvalue weighted by molar-refractivity contribution is -0.137. The van der Waals surface area contributed by atoms with E-state index < -0.39 is 48.0 Å². The highest BCUT2D eigenvalue weighted by Gasteiger charge is 2.32. The van der Waals surface area contributed by atoms with Gasteiger partial charge in [-0.15, -0.1) is 4.80 Å². The summed E-state index contributed by atoms with van der Waals surface area (Å²) in [5.74, 6) is -1.19. The molecule has 1 N–H and O–H groups in total. The van der Waals surface area contributed by atoms with Crippen molar-refractivity contribution in [2.75, 3.05) is 6.61 Å². The van der Waals surface area contributed by atoms with Gasteiger partial charge in [-0.2, -0.15) is 23.4 Å². The van der Waals surface area contributed by atoms with E-state index in [-0.39, 0.29) is 11.5 Å². The number of carbonyl (C=O) groups is 1. The lowest BCUT2D eigenvalue weighted by Crippen LogP contribution is -2.29. The van der Waals surface area contributed by atoms with Crippen LogP contribution in [0.3, 0.4) is 0 Å². The molecule has 0 aliphatic rings. The van der Waals surface area contributed by atoms with E-state index in [4.69, 9.17) is 0 Å². The highest BCUT2D eigenvalue weighted by molar-refractivity contribution is 5.95. The molecule has 1 aromatic carbocycles. The smallest absolute Gasteiger partial charge is 0.416 e. The highest BCUT2D eigenvalue weighted by atomic mass is 19.4. The van der Waals surface area contributed by atoms with Crippen LogP contribution in [-0.4, -0.2) is 43.9 Å². The van der Waals surface area contributed by atoms with E-state index in [1.807, 2.05) is 0 Å². The van der Waals surface area contributed by atoms with Gasteiger partial charge in [0.15, 0.2) is 5.82 Å². The molecule has 1 atom stereocenters. The predicted octanol–water partition coefficient (Wildman–Crippen LogP) is 3.21. The molecule has 0 saturated heterocycles. The van der Waals surface area contributed by atoms with Gasteiger partial charge in [0.1, 0.15) is 18.1 Å². The molecule has 0 radical (unpaired) electrons. The maximum atomic E-state index is 13.2. The van der Waals surface area contributed by atoms with Crippen molar-refractivity contribution in [1.82, 2.24) is 30.3 Å². The predicted molar refractivity (Wildman–Crippen MR) is 95.8 cm³/mol. The van der Waals surface area contributed by atoms with Crippen molar-refractivity contribution in [3.8, 4) is 11.6 Å². The van der Waals surface area contributed by atoms with Crippen molar-refractivity contribution in [2.45, 2.75) is 25.6 Å². The Morgan fingerprint density at radius 1 is 1.10 bits per heavy atom. The van der Waals surface area contributed by atoms with Crippen LogP contribution in [0.25, 0.3) is 5.82 Å². The van der Waals surface area contributed by atoms with E-state index in [0.717, 1.165) is 6.07 Å². The molecule has 1 unspecified atom stereocenters. The summed E-state index contributed by atoms with van der Waals surface area (Å²) < 4.78 is 69.0. The molecule has 3 rings (SSSR count). The molecule has 2 aromatic heterocycles. The number of amides is 1. The summed E-state index contributed by atoms with van der Waals surface area (Å²) >= 11 is 0. The van der Waals surface area contributed by atoms with Gasteiger partial charge >= 0.3 is 6.18 Å². The van der Waals surface area contributed by atoms with Crippen molar-refractivity contribution in [3.05, 3.63) is 59.8 Å². The van der Waals surface area contributed by atoms with E-state index in [2.05, 4.69) is 30.2 Å². The molecular formula is C18H15F5N6O2. The Labute approximate surface area is 172 Å². The molecule has 8 nitrogen and oxygen atoms in total. The maximum absolute atomic E-state index is 13.2. The van der Waals surface area contributed by atoms with E-state index >= 15 is 0 Å². The molecule has 0 aliphatic carbocycles. The molecule has 13 heteroatoms. The van der Waals surface area contributed by atoms with Crippen molar-refractivity contribution >= 4 is 5.91 Å². The van der Waals surface area contributed by atoms with Crippen molar-refractivity contribution < 1.29 is 31.5 Å². The van der Waals surface area contributed by atoms with E-state index in [1.165, 1.54) is 36.5 Å². The molecule has 0 saturated carbocycles. The summed E-state index contributed by atoms with van der Waals surface area (Å²) in [5, 5.41) is 10.4. The number of hydrogen-bond donors (Lipinski definition) is 1. The summed E-state index contributed by atoms with van der Waals surface area (Å²) in [5.41, 5.74) is -1.38. The number of rotatable bonds is 7. The fourth-order valence-electron chi connectivity index (χ4n) is 2.61. The second-order valence-electron chi connectivity index (χ2n) is 6.22. The van der Waals surface area contributed by atoms with Crippen LogP contribution >= 0.6 is 0 Å². The van der Waals surface area contributed by atoms with Crippen LogP contribution in [0.5, 0.6) is 5.75 Å². The second kappa shape index (κ2) is 9.02. The summed E-state index contributed by atoms with van der Waals surface area (Å²) in [4.78, 5) is 22.0. The summed E-state index contributed by atoms with van der Waals surface area (Å²) in [7, 11) is 0. The number of nitrogens with zero attached hydrogens (tertiary/aromatic N) is 5. The van der Waals surface area contributed by atoms with Crippen LogP contribution in [0.4, 0.5) is 22.0 Å². The Morgan fingerprint density at radius 2 is 1.77 bits per heavy atom. The number of carbonyl (C=O) groups excluding carboxylic acids is 1. The van der Waals surface area contributed by atoms with Gasteiger partial charge in [0.25, 0.3) is 12.3 Å². The van der Waals surface area contributed by atoms with Gasteiger partial charge in [0.2, 0.25) is 0 Å². The number of nitrogens with one attached hydrogen (secondary N) is 1. The summed E-state index contributed by atoms with van der Waals surface area (Å²) in [6.45, 7) is 0.426. The fourth-order valence-corrected chi connectivity index (χ4v) is 2.61. The van der Waals surface area contributed by atoms with Crippen LogP contribution in [0, 0.1) is 0 Å². The fraction of sp³-hybridized carbons (Fsp3) is 0.278. The first kappa shape index (κ1) is 22.1. The van der Waals surface area contributed by atoms with Crippen LogP contribution in [-0.2, 0) is 6.18 Å². The average Bonchev–Trinajstić information content (AvgIpc) is 3.26. The molecule has 0 aliphatic heterocycles. The highest BCUT2D eigenvalue weighted by Crippen LogP contribution is 2.33. The van der Waals surface area contributed by atoms with E-state index in [1.54, 1.807) is 0 Å². The first-order valence-electron chi connectivity index (χ1n) is 8.77. The number of benzene rings is 1. The third-order valence-corrected chi connectivity index (χ3v) is 3.94. The average molecular weight is 442 g/mol. The first-order chi connectivity index (χ1) is 14.6. The van der Waals surface area contributed by atoms with Crippen LogP contribution in [0.2, 0.25) is 0 Å². The van der Waals surface area contributed by atoms with E-state index in [9.17, 15) is 26.7 Å². The maximum Gasteiger partial charge on any atom is 0.416 e. The lowest BCUT2D eigenvalue weighted by atomic mass is 10.1. The van der Waals surface area contributed by atoms with Gasteiger partial charge in [-0.05, 0) is 25.1 Å². The zero-order chi connectivity index (χ0) is 22.6. The Kier molecular flexibility index (Phi) is 6.42. The summed E-state index contributed by atoms with van der Waals surface area (Å²) in [6.07, 6.45) is -2.13. The van der Waals surface area contributed by atoms with Gasteiger partial charge in [0, 0.05) is 18.0 Å². The molecule has 0 bridgehead atoms. The lowest BCUT2D eigenvalue weighted by Gasteiger charge is -2.17. The van der Waals surface area contributed by atoms with Crippen LogP contribution in [0.15, 0.2) is 43.0 Å². The molecule has 1 amide bonds. The Balaban J connectivity index is 1.87. The third kappa shape index (κ3) is 5.49. The molecule has 31 heavy (non-hydrogen) atoms. The quantitative estimate of drug-likeness (QED) is 0.565. The number of alkyl halides is 5. The van der Waals surface area contributed by atoms with Crippen molar-refractivity contribution in [1.29, 1.82) is 0 Å². The molecule has 0 fully saturated rings. The SMILES string of the molecule is CC(NC(=O)c1cc(OCC(F)F)cc(C(F)(F)F)c1)c1nccnc1-n1nccn1. The monoisotopic (exact) mass is 442 g/mol. The topological polar surface area (TPSA) is 94.8 Å². The normalized spacial score (nSPS) is 12.6. The largest absolute Gasteiger partial charge is 0.488 e. The van der Waals surface area contributed by atoms with Crippen molar-refractivity contribution in [2.24, 2.45) is 0 Å². The minimum absolute atomic E-state index is 0.213. The molecule has 164 valence electrons. The number of aromatic nitrogens is 5. The van der Waals surface area contributed by atoms with Gasteiger partial charge < -0.3 is 10.1 Å². The van der Waals surface area contributed by atoms with Crippen LogP contribution < -0.4 is 10.1 Å². The Hall–Kier alpha value is -3.64. The van der Waals surface area contributed by atoms with E-state index in [0.29, 0.717) is 12.1 Å².